The van der Waals surface area contributed by atoms with Crippen molar-refractivity contribution in [2.45, 2.75) is 0 Å². The van der Waals surface area contributed by atoms with Crippen LogP contribution in [0.1, 0.15) is 0 Å². The highest BCUT2D eigenvalue weighted by Crippen LogP contribution is 2.50. The lowest BCUT2D eigenvalue weighted by molar-refractivity contribution is 0.591. The van der Waals surface area contributed by atoms with Crippen LogP contribution in [0, 0.1) is 0 Å². The lowest BCUT2D eigenvalue weighted by atomic mass is 9.91. The van der Waals surface area contributed by atoms with E-state index >= 15 is 0 Å². The standard InChI is InChI=1S/C44H30N3OP/c1-49(48)40-19-11-10-18-38(40)39-28-33(24-27-41(39)49)35-26-25-34(36-16-8-9-17-37(35)36)29-20-22-32(23-21-29)44-46-42(30-12-4-2-5-13-30)45-43(47-44)31-14-6-3-7-15-31/h2-28H,1H3. The van der Waals surface area contributed by atoms with Crippen molar-refractivity contribution in [1.82, 2.24) is 15.0 Å². The van der Waals surface area contributed by atoms with Crippen LogP contribution in [-0.4, -0.2) is 21.6 Å². The summed E-state index contributed by atoms with van der Waals surface area (Å²) in [6, 6.07) is 56.1. The van der Waals surface area contributed by atoms with Gasteiger partial charge in [0.2, 0.25) is 0 Å². The summed E-state index contributed by atoms with van der Waals surface area (Å²) in [6.07, 6.45) is 0. The SMILES string of the molecule is CP1(=O)c2ccccc2-c2cc(-c3ccc(-c4ccc(-c5nc(-c6ccccc6)nc(-c6ccccc6)n5)cc4)c4ccccc34)ccc21. The molecule has 1 unspecified atom stereocenters. The molecule has 7 aromatic carbocycles. The number of rotatable bonds is 5. The highest BCUT2D eigenvalue weighted by atomic mass is 31.2. The monoisotopic (exact) mass is 647 g/mol. The van der Waals surface area contributed by atoms with Crippen LogP contribution in [0.15, 0.2) is 164 Å². The molecule has 0 fully saturated rings. The molecule has 1 aliphatic rings. The molecule has 49 heavy (non-hydrogen) atoms. The van der Waals surface area contributed by atoms with Crippen molar-refractivity contribution in [3.8, 4) is 67.5 Å². The molecule has 0 bridgehead atoms. The second kappa shape index (κ2) is 11.6. The minimum absolute atomic E-state index is 0.634. The summed E-state index contributed by atoms with van der Waals surface area (Å²) in [4.78, 5) is 14.6. The lowest BCUT2D eigenvalue weighted by Crippen LogP contribution is -2.07. The summed E-state index contributed by atoms with van der Waals surface area (Å²) >= 11 is 0. The predicted octanol–water partition coefficient (Wildman–Crippen LogP) is 10.3. The van der Waals surface area contributed by atoms with Gasteiger partial charge in [0.1, 0.15) is 7.14 Å². The third-order valence-electron chi connectivity index (χ3n) is 9.50. The molecule has 0 saturated heterocycles. The molecule has 9 rings (SSSR count). The fraction of sp³-hybridized carbons (Fsp3) is 0.0227. The number of aromatic nitrogens is 3. The minimum atomic E-state index is -2.61. The van der Waals surface area contributed by atoms with Gasteiger partial charge in [0.05, 0.1) is 0 Å². The minimum Gasteiger partial charge on any atom is -0.314 e. The van der Waals surface area contributed by atoms with Gasteiger partial charge in [-0.25, -0.2) is 15.0 Å². The van der Waals surface area contributed by atoms with Gasteiger partial charge in [-0.05, 0) is 63.0 Å². The van der Waals surface area contributed by atoms with Gasteiger partial charge in [-0.2, -0.15) is 0 Å². The molecule has 0 saturated carbocycles. The molecule has 1 atom stereocenters. The summed E-state index contributed by atoms with van der Waals surface area (Å²) < 4.78 is 13.8. The van der Waals surface area contributed by atoms with E-state index < -0.39 is 7.14 Å². The van der Waals surface area contributed by atoms with Crippen molar-refractivity contribution >= 4 is 28.5 Å². The number of hydrogen-bond acceptors (Lipinski definition) is 4. The van der Waals surface area contributed by atoms with Crippen molar-refractivity contribution in [2.24, 2.45) is 0 Å². The molecule has 232 valence electrons. The molecule has 0 radical (unpaired) electrons. The molecule has 0 aliphatic carbocycles. The molecule has 0 amide bonds. The normalized spacial score (nSPS) is 14.8. The van der Waals surface area contributed by atoms with Crippen molar-refractivity contribution in [1.29, 1.82) is 0 Å². The largest absolute Gasteiger partial charge is 0.314 e. The zero-order valence-corrected chi connectivity index (χ0v) is 27.7. The van der Waals surface area contributed by atoms with Crippen molar-refractivity contribution < 1.29 is 4.57 Å². The van der Waals surface area contributed by atoms with E-state index in [0.29, 0.717) is 17.5 Å². The Morgan fingerprint density at radius 2 is 0.796 bits per heavy atom. The summed E-state index contributed by atoms with van der Waals surface area (Å²) in [5.41, 5.74) is 9.51. The van der Waals surface area contributed by atoms with E-state index in [2.05, 4.69) is 84.9 Å². The average molecular weight is 648 g/mol. The Morgan fingerprint density at radius 3 is 1.39 bits per heavy atom. The molecule has 5 heteroatoms. The van der Waals surface area contributed by atoms with E-state index in [1.165, 1.54) is 10.8 Å². The number of fused-ring (bicyclic) bond motifs is 4. The highest BCUT2D eigenvalue weighted by molar-refractivity contribution is 7.79. The molecule has 1 aliphatic heterocycles. The van der Waals surface area contributed by atoms with Crippen molar-refractivity contribution in [3.63, 3.8) is 0 Å². The smallest absolute Gasteiger partial charge is 0.164 e. The number of benzene rings is 7. The zero-order valence-electron chi connectivity index (χ0n) is 26.8. The quantitative estimate of drug-likeness (QED) is 0.175. The van der Waals surface area contributed by atoms with E-state index in [4.69, 9.17) is 15.0 Å². The second-order valence-electron chi connectivity index (χ2n) is 12.5. The summed E-state index contributed by atoms with van der Waals surface area (Å²) in [5.74, 6) is 1.92. The van der Waals surface area contributed by atoms with Gasteiger partial charge in [-0.1, -0.05) is 152 Å². The molecule has 4 nitrogen and oxygen atoms in total. The highest BCUT2D eigenvalue weighted by Gasteiger charge is 2.34. The Morgan fingerprint density at radius 1 is 0.367 bits per heavy atom. The maximum absolute atomic E-state index is 13.8. The summed E-state index contributed by atoms with van der Waals surface area (Å²) in [7, 11) is -2.61. The predicted molar refractivity (Wildman–Crippen MR) is 203 cm³/mol. The van der Waals surface area contributed by atoms with Crippen LogP contribution in [-0.2, 0) is 4.57 Å². The maximum atomic E-state index is 13.8. The topological polar surface area (TPSA) is 55.7 Å². The van der Waals surface area contributed by atoms with Crippen LogP contribution in [0.4, 0.5) is 0 Å². The van der Waals surface area contributed by atoms with Crippen LogP contribution in [0.5, 0.6) is 0 Å². The first-order valence-corrected chi connectivity index (χ1v) is 18.5. The van der Waals surface area contributed by atoms with Gasteiger partial charge < -0.3 is 4.57 Å². The molecule has 0 N–H and O–H groups in total. The van der Waals surface area contributed by atoms with Gasteiger partial charge in [0.15, 0.2) is 17.5 Å². The van der Waals surface area contributed by atoms with Crippen molar-refractivity contribution in [2.75, 3.05) is 6.66 Å². The Balaban J connectivity index is 1.11. The van der Waals surface area contributed by atoms with Gasteiger partial charge in [-0.15, -0.1) is 0 Å². The first-order chi connectivity index (χ1) is 24.0. The van der Waals surface area contributed by atoms with E-state index in [-0.39, 0.29) is 0 Å². The molecule has 0 spiro atoms. The van der Waals surface area contributed by atoms with Crippen LogP contribution >= 0.6 is 7.14 Å². The first-order valence-electron chi connectivity index (χ1n) is 16.4. The fourth-order valence-corrected chi connectivity index (χ4v) is 9.32. The second-order valence-corrected chi connectivity index (χ2v) is 15.3. The van der Waals surface area contributed by atoms with Gasteiger partial charge >= 0.3 is 0 Å². The van der Waals surface area contributed by atoms with E-state index in [1.807, 2.05) is 85.5 Å². The summed E-state index contributed by atoms with van der Waals surface area (Å²) in [5, 5.41) is 4.25. The van der Waals surface area contributed by atoms with Crippen molar-refractivity contribution in [3.05, 3.63) is 164 Å². The summed E-state index contributed by atoms with van der Waals surface area (Å²) in [6.45, 7) is 1.89. The third kappa shape index (κ3) is 5.01. The average Bonchev–Trinajstić information content (AvgIpc) is 3.40. The maximum Gasteiger partial charge on any atom is 0.164 e. The third-order valence-corrected chi connectivity index (χ3v) is 12.1. The van der Waals surface area contributed by atoms with Crippen LogP contribution < -0.4 is 10.6 Å². The Bertz CT molecular complexity index is 2520. The Kier molecular flexibility index (Phi) is 6.93. The van der Waals surface area contributed by atoms with Gasteiger partial charge in [0.25, 0.3) is 0 Å². The zero-order chi connectivity index (χ0) is 33.0. The van der Waals surface area contributed by atoms with E-state index in [0.717, 1.165) is 60.7 Å². The number of nitrogens with zero attached hydrogens (tertiary/aromatic N) is 3. The van der Waals surface area contributed by atoms with Crippen LogP contribution in [0.3, 0.4) is 0 Å². The molecule has 2 heterocycles. The lowest BCUT2D eigenvalue weighted by Gasteiger charge is -2.14. The van der Waals surface area contributed by atoms with Gasteiger partial charge in [0, 0.05) is 27.3 Å². The molecular formula is C44H30N3OP. The van der Waals surface area contributed by atoms with Crippen LogP contribution in [0.2, 0.25) is 0 Å². The molecule has 1 aromatic heterocycles. The molecule has 8 aromatic rings. The fourth-order valence-electron chi connectivity index (χ4n) is 7.03. The molecular weight excluding hydrogens is 617 g/mol. The van der Waals surface area contributed by atoms with Gasteiger partial charge in [-0.3, -0.25) is 0 Å². The first kappa shape index (κ1) is 29.2. The Hall–Kier alpha value is -5.96. The Labute approximate surface area is 285 Å². The van der Waals surface area contributed by atoms with Crippen LogP contribution in [0.25, 0.3) is 78.3 Å². The number of hydrogen-bond donors (Lipinski definition) is 0. The van der Waals surface area contributed by atoms with E-state index in [9.17, 15) is 4.57 Å². The van der Waals surface area contributed by atoms with E-state index in [1.54, 1.807) is 0 Å².